The first-order valence-electron chi connectivity index (χ1n) is 10.4. The Labute approximate surface area is 168 Å². The number of aliphatic hydroxyl groups is 2. The average molecular weight is 387 g/mol. The van der Waals surface area contributed by atoms with E-state index in [0.717, 1.165) is 44.9 Å². The minimum absolute atomic E-state index is 0.118. The predicted molar refractivity (Wildman–Crippen MR) is 115 cm³/mol. The van der Waals surface area contributed by atoms with Gasteiger partial charge in [-0.3, -0.25) is 0 Å². The van der Waals surface area contributed by atoms with Crippen molar-refractivity contribution >= 4 is 11.8 Å². The lowest BCUT2D eigenvalue weighted by Gasteiger charge is -2.42. The summed E-state index contributed by atoms with van der Waals surface area (Å²) in [5.74, 6) is 0.867. The van der Waals surface area contributed by atoms with Gasteiger partial charge in [0.05, 0.1) is 6.10 Å². The molecule has 27 heavy (non-hydrogen) atoms. The van der Waals surface area contributed by atoms with Crippen molar-refractivity contribution < 1.29 is 10.2 Å². The summed E-state index contributed by atoms with van der Waals surface area (Å²) in [4.78, 5) is 2.38. The largest absolute Gasteiger partial charge is 0.396 e. The molecule has 2 aliphatic rings. The van der Waals surface area contributed by atoms with Crippen molar-refractivity contribution in [3.05, 3.63) is 53.0 Å². The molecule has 0 amide bonds. The van der Waals surface area contributed by atoms with E-state index in [1.54, 1.807) is 11.8 Å². The Morgan fingerprint density at radius 1 is 1.30 bits per heavy atom. The molecule has 2 nitrogen and oxygen atoms in total. The van der Waals surface area contributed by atoms with E-state index >= 15 is 0 Å². The Bertz CT molecular complexity index is 681. The van der Waals surface area contributed by atoms with Gasteiger partial charge in [0, 0.05) is 16.4 Å². The molecular weight excluding hydrogens is 352 g/mol. The highest BCUT2D eigenvalue weighted by molar-refractivity contribution is 8.03. The van der Waals surface area contributed by atoms with Crippen molar-refractivity contribution in [3.63, 3.8) is 0 Å². The molecule has 0 aromatic heterocycles. The van der Waals surface area contributed by atoms with E-state index in [9.17, 15) is 10.2 Å². The summed E-state index contributed by atoms with van der Waals surface area (Å²) in [5.41, 5.74) is 2.80. The molecule has 0 saturated heterocycles. The van der Waals surface area contributed by atoms with Gasteiger partial charge in [-0.15, -0.1) is 6.58 Å². The van der Waals surface area contributed by atoms with Gasteiger partial charge in [-0.05, 0) is 81.3 Å². The van der Waals surface area contributed by atoms with Crippen LogP contribution in [0.25, 0.3) is 0 Å². The van der Waals surface area contributed by atoms with Crippen molar-refractivity contribution in [1.29, 1.82) is 0 Å². The van der Waals surface area contributed by atoms with Crippen LogP contribution in [0, 0.1) is 17.3 Å². The van der Waals surface area contributed by atoms with E-state index in [1.807, 2.05) is 6.07 Å². The van der Waals surface area contributed by atoms with Crippen LogP contribution in [0.2, 0.25) is 0 Å². The number of rotatable bonds is 8. The number of allylic oxidation sites excluding steroid dienone is 2. The summed E-state index contributed by atoms with van der Waals surface area (Å²) >= 11 is 1.75. The third-order valence-corrected chi connectivity index (χ3v) is 7.95. The maximum Gasteiger partial charge on any atom is 0.0851 e. The Morgan fingerprint density at radius 3 is 2.70 bits per heavy atom. The van der Waals surface area contributed by atoms with E-state index in [-0.39, 0.29) is 18.1 Å². The minimum atomic E-state index is -0.340. The highest BCUT2D eigenvalue weighted by Gasteiger charge is 2.49. The van der Waals surface area contributed by atoms with Crippen LogP contribution < -0.4 is 0 Å². The van der Waals surface area contributed by atoms with E-state index < -0.39 is 0 Å². The number of aliphatic hydroxyl groups excluding tert-OH is 2. The van der Waals surface area contributed by atoms with E-state index in [1.165, 1.54) is 20.9 Å². The molecule has 3 heteroatoms. The SMILES string of the molecule is C=C(C)CCC[C@@H](CO)[C@H]1CCC2=C(Sc3ccccc3)[C@@H](O)CC[C@@]21C. The van der Waals surface area contributed by atoms with Crippen LogP contribution in [0.15, 0.2) is 57.9 Å². The first-order valence-corrected chi connectivity index (χ1v) is 11.2. The molecule has 0 bridgehead atoms. The molecule has 0 unspecified atom stereocenters. The number of hydrogen-bond donors (Lipinski definition) is 2. The lowest BCUT2D eigenvalue weighted by molar-refractivity contribution is 0.0807. The number of thioether (sulfide) groups is 1. The van der Waals surface area contributed by atoms with E-state index in [2.05, 4.69) is 44.7 Å². The molecule has 1 fully saturated rings. The quantitative estimate of drug-likeness (QED) is 0.542. The molecule has 0 spiro atoms. The third-order valence-electron chi connectivity index (χ3n) is 6.70. The van der Waals surface area contributed by atoms with Crippen LogP contribution >= 0.6 is 11.8 Å². The first-order chi connectivity index (χ1) is 13.0. The van der Waals surface area contributed by atoms with Crippen molar-refractivity contribution in [3.8, 4) is 0 Å². The highest BCUT2D eigenvalue weighted by atomic mass is 32.2. The normalized spacial score (nSPS) is 28.9. The van der Waals surface area contributed by atoms with Crippen molar-refractivity contribution in [1.82, 2.24) is 0 Å². The van der Waals surface area contributed by atoms with Gasteiger partial charge in [-0.2, -0.15) is 0 Å². The molecule has 1 saturated carbocycles. The third kappa shape index (κ3) is 4.52. The fourth-order valence-corrected chi connectivity index (χ4v) is 6.48. The second-order valence-electron chi connectivity index (χ2n) is 8.67. The summed E-state index contributed by atoms with van der Waals surface area (Å²) < 4.78 is 0. The van der Waals surface area contributed by atoms with Crippen molar-refractivity contribution in [2.45, 2.75) is 69.8 Å². The van der Waals surface area contributed by atoms with Crippen LogP contribution in [0.3, 0.4) is 0 Å². The van der Waals surface area contributed by atoms with Crippen LogP contribution in [0.5, 0.6) is 0 Å². The Hall–Kier alpha value is -1.03. The zero-order valence-corrected chi connectivity index (χ0v) is 17.6. The van der Waals surface area contributed by atoms with E-state index in [0.29, 0.717) is 11.8 Å². The molecule has 0 heterocycles. The predicted octanol–water partition coefficient (Wildman–Crippen LogP) is 5.96. The van der Waals surface area contributed by atoms with Crippen LogP contribution in [-0.2, 0) is 0 Å². The smallest absolute Gasteiger partial charge is 0.0851 e. The Kier molecular flexibility index (Phi) is 6.88. The standard InChI is InChI=1S/C24H34O2S/c1-17(2)8-7-9-18(16-25)20-12-13-21-23(22(26)14-15-24(20,21)3)27-19-10-5-4-6-11-19/h4-6,10-11,18,20,22,25-26H,1,7-9,12-16H2,2-3H3/t18-,20+,22-,24+/m0/s1. The van der Waals surface area contributed by atoms with Gasteiger partial charge in [-0.1, -0.05) is 48.0 Å². The summed E-state index contributed by atoms with van der Waals surface area (Å²) in [6.07, 6.45) is 6.95. The summed E-state index contributed by atoms with van der Waals surface area (Å²) in [5, 5.41) is 20.9. The molecule has 0 aliphatic heterocycles. The van der Waals surface area contributed by atoms with Crippen molar-refractivity contribution in [2.24, 2.45) is 17.3 Å². The molecule has 4 atom stereocenters. The minimum Gasteiger partial charge on any atom is -0.396 e. The Morgan fingerprint density at radius 2 is 2.04 bits per heavy atom. The van der Waals surface area contributed by atoms with Gasteiger partial charge < -0.3 is 10.2 Å². The lowest BCUT2D eigenvalue weighted by Crippen LogP contribution is -2.36. The second kappa shape index (κ2) is 8.98. The molecular formula is C24H34O2S. The van der Waals surface area contributed by atoms with E-state index in [4.69, 9.17) is 0 Å². The van der Waals surface area contributed by atoms with Gasteiger partial charge in [0.15, 0.2) is 0 Å². The highest BCUT2D eigenvalue weighted by Crippen LogP contribution is 2.59. The number of hydrogen-bond acceptors (Lipinski definition) is 3. The van der Waals surface area contributed by atoms with Crippen LogP contribution in [-0.4, -0.2) is 22.9 Å². The van der Waals surface area contributed by atoms with Crippen LogP contribution in [0.1, 0.15) is 58.8 Å². The van der Waals surface area contributed by atoms with Gasteiger partial charge in [0.1, 0.15) is 0 Å². The molecule has 2 aliphatic carbocycles. The number of fused-ring (bicyclic) bond motifs is 1. The molecule has 1 aromatic carbocycles. The summed E-state index contributed by atoms with van der Waals surface area (Å²) in [7, 11) is 0. The summed E-state index contributed by atoms with van der Waals surface area (Å²) in [6, 6.07) is 10.4. The maximum atomic E-state index is 10.7. The van der Waals surface area contributed by atoms with Gasteiger partial charge in [-0.25, -0.2) is 0 Å². The summed E-state index contributed by atoms with van der Waals surface area (Å²) in [6.45, 7) is 8.76. The number of benzene rings is 1. The molecule has 2 N–H and O–H groups in total. The Balaban J connectivity index is 1.82. The zero-order valence-electron chi connectivity index (χ0n) is 16.8. The lowest BCUT2D eigenvalue weighted by atomic mass is 9.65. The molecule has 1 aromatic rings. The molecule has 3 rings (SSSR count). The van der Waals surface area contributed by atoms with Gasteiger partial charge in [0.25, 0.3) is 0 Å². The topological polar surface area (TPSA) is 40.5 Å². The van der Waals surface area contributed by atoms with Gasteiger partial charge in [0.2, 0.25) is 0 Å². The monoisotopic (exact) mass is 386 g/mol. The fourth-order valence-electron chi connectivity index (χ4n) is 5.22. The van der Waals surface area contributed by atoms with Gasteiger partial charge >= 0.3 is 0 Å². The van der Waals surface area contributed by atoms with Crippen molar-refractivity contribution in [2.75, 3.05) is 6.61 Å². The van der Waals surface area contributed by atoms with Crippen LogP contribution in [0.4, 0.5) is 0 Å². The molecule has 0 radical (unpaired) electrons. The fraction of sp³-hybridized carbons (Fsp3) is 0.583. The zero-order chi connectivity index (χ0) is 19.4. The molecule has 148 valence electrons. The second-order valence-corrected chi connectivity index (χ2v) is 9.78. The average Bonchev–Trinajstić information content (AvgIpc) is 3.00. The first kappa shape index (κ1) is 20.7. The maximum absolute atomic E-state index is 10.7.